The SMILES string of the molecule is O=C(O)CC1CC2(CCC(c3ccnc4ccccc34)CC2)C1. The van der Waals surface area contributed by atoms with E-state index in [4.69, 9.17) is 5.11 Å². The number of carboxylic acids is 1. The molecule has 4 rings (SSSR count). The van der Waals surface area contributed by atoms with E-state index >= 15 is 0 Å². The summed E-state index contributed by atoms with van der Waals surface area (Å²) in [6.07, 6.45) is 9.52. The minimum absolute atomic E-state index is 0.361. The summed E-state index contributed by atoms with van der Waals surface area (Å²) in [5, 5.41) is 10.2. The van der Waals surface area contributed by atoms with E-state index in [1.165, 1.54) is 36.6 Å². The maximum absolute atomic E-state index is 10.8. The third kappa shape index (κ3) is 2.73. The Morgan fingerprint density at radius 2 is 1.91 bits per heavy atom. The number of benzene rings is 1. The highest BCUT2D eigenvalue weighted by molar-refractivity contribution is 5.82. The average molecular weight is 309 g/mol. The average Bonchev–Trinajstić information content (AvgIpc) is 2.53. The van der Waals surface area contributed by atoms with Gasteiger partial charge in [0.2, 0.25) is 0 Å². The second kappa shape index (κ2) is 5.63. The van der Waals surface area contributed by atoms with Gasteiger partial charge in [-0.2, -0.15) is 0 Å². The number of para-hydroxylation sites is 1. The summed E-state index contributed by atoms with van der Waals surface area (Å²) in [7, 11) is 0. The van der Waals surface area contributed by atoms with Gasteiger partial charge in [0.05, 0.1) is 5.52 Å². The maximum atomic E-state index is 10.8. The van der Waals surface area contributed by atoms with E-state index in [0.29, 0.717) is 23.7 Å². The summed E-state index contributed by atoms with van der Waals surface area (Å²) < 4.78 is 0. The molecule has 120 valence electrons. The van der Waals surface area contributed by atoms with Crippen LogP contribution in [0.1, 0.15) is 56.4 Å². The third-order valence-electron chi connectivity index (χ3n) is 6.08. The molecule has 3 heteroatoms. The number of carbonyl (C=O) groups is 1. The monoisotopic (exact) mass is 309 g/mol. The van der Waals surface area contributed by atoms with Gasteiger partial charge in [-0.25, -0.2) is 0 Å². The Kier molecular flexibility index (Phi) is 3.59. The molecule has 0 saturated heterocycles. The van der Waals surface area contributed by atoms with Gasteiger partial charge in [-0.15, -0.1) is 0 Å². The lowest BCUT2D eigenvalue weighted by atomic mass is 9.53. The fourth-order valence-corrected chi connectivity index (χ4v) is 4.98. The van der Waals surface area contributed by atoms with Gasteiger partial charge in [-0.1, -0.05) is 18.2 Å². The van der Waals surface area contributed by atoms with Crippen LogP contribution < -0.4 is 0 Å². The Hall–Kier alpha value is -1.90. The van der Waals surface area contributed by atoms with E-state index in [9.17, 15) is 4.79 Å². The lowest BCUT2D eigenvalue weighted by molar-refractivity contribution is -0.140. The highest BCUT2D eigenvalue weighted by Gasteiger charge is 2.46. The Balaban J connectivity index is 1.45. The van der Waals surface area contributed by atoms with Gasteiger partial charge >= 0.3 is 5.97 Å². The summed E-state index contributed by atoms with van der Waals surface area (Å²) in [5.74, 6) is 0.416. The van der Waals surface area contributed by atoms with E-state index in [1.807, 2.05) is 12.3 Å². The first kappa shape index (κ1) is 14.7. The number of pyridine rings is 1. The summed E-state index contributed by atoms with van der Waals surface area (Å²) in [6.45, 7) is 0. The molecule has 0 unspecified atom stereocenters. The van der Waals surface area contributed by atoms with Crippen molar-refractivity contribution in [2.45, 2.75) is 50.9 Å². The highest BCUT2D eigenvalue weighted by Crippen LogP contribution is 2.58. The zero-order valence-corrected chi connectivity index (χ0v) is 13.4. The molecule has 1 spiro atoms. The smallest absolute Gasteiger partial charge is 0.303 e. The number of carboxylic acid groups (broad SMARTS) is 1. The van der Waals surface area contributed by atoms with E-state index in [2.05, 4.69) is 29.2 Å². The van der Waals surface area contributed by atoms with E-state index in [1.54, 1.807) is 0 Å². The Morgan fingerprint density at radius 1 is 1.17 bits per heavy atom. The lowest BCUT2D eigenvalue weighted by Crippen LogP contribution is -2.40. The van der Waals surface area contributed by atoms with E-state index < -0.39 is 5.97 Å². The van der Waals surface area contributed by atoms with Crippen LogP contribution in [-0.4, -0.2) is 16.1 Å². The Morgan fingerprint density at radius 3 is 2.65 bits per heavy atom. The normalized spacial score (nSPS) is 30.3. The minimum Gasteiger partial charge on any atom is -0.481 e. The maximum Gasteiger partial charge on any atom is 0.303 e. The summed E-state index contributed by atoms with van der Waals surface area (Å²) >= 11 is 0. The van der Waals surface area contributed by atoms with Crippen molar-refractivity contribution in [2.75, 3.05) is 0 Å². The molecule has 2 saturated carbocycles. The van der Waals surface area contributed by atoms with E-state index in [-0.39, 0.29) is 0 Å². The van der Waals surface area contributed by atoms with Crippen LogP contribution in [0.2, 0.25) is 0 Å². The van der Waals surface area contributed by atoms with Crippen molar-refractivity contribution in [3.8, 4) is 0 Å². The van der Waals surface area contributed by atoms with Crippen LogP contribution in [0.4, 0.5) is 0 Å². The first-order valence-electron chi connectivity index (χ1n) is 8.71. The van der Waals surface area contributed by atoms with Crippen LogP contribution in [-0.2, 0) is 4.79 Å². The second-order valence-corrected chi connectivity index (χ2v) is 7.56. The fourth-order valence-electron chi connectivity index (χ4n) is 4.98. The van der Waals surface area contributed by atoms with Crippen LogP contribution in [0.3, 0.4) is 0 Å². The standard InChI is InChI=1S/C20H23NO2/c22-19(23)11-14-12-20(13-14)8-5-15(6-9-20)16-7-10-21-18-4-2-1-3-17(16)18/h1-4,7,10,14-15H,5-6,8-9,11-13H2,(H,22,23). The van der Waals surface area contributed by atoms with E-state index in [0.717, 1.165) is 18.4 Å². The molecule has 1 aromatic heterocycles. The summed E-state index contributed by atoms with van der Waals surface area (Å²) in [4.78, 5) is 15.3. The van der Waals surface area contributed by atoms with Gasteiger partial charge in [0.25, 0.3) is 0 Å². The van der Waals surface area contributed by atoms with Crippen LogP contribution in [0.25, 0.3) is 10.9 Å². The topological polar surface area (TPSA) is 50.2 Å². The number of aromatic nitrogens is 1. The van der Waals surface area contributed by atoms with Gasteiger partial charge < -0.3 is 5.11 Å². The Labute approximate surface area is 136 Å². The molecule has 0 atom stereocenters. The van der Waals surface area contributed by atoms with Crippen LogP contribution in [0, 0.1) is 11.3 Å². The van der Waals surface area contributed by atoms with Crippen molar-refractivity contribution in [2.24, 2.45) is 11.3 Å². The number of rotatable bonds is 3. The van der Waals surface area contributed by atoms with Crippen molar-refractivity contribution in [1.82, 2.24) is 4.98 Å². The summed E-state index contributed by atoms with van der Waals surface area (Å²) in [6, 6.07) is 10.6. The molecule has 0 radical (unpaired) electrons. The van der Waals surface area contributed by atoms with Crippen LogP contribution in [0.5, 0.6) is 0 Å². The molecule has 1 N–H and O–H groups in total. The molecule has 2 aliphatic rings. The third-order valence-corrected chi connectivity index (χ3v) is 6.08. The largest absolute Gasteiger partial charge is 0.481 e. The van der Waals surface area contributed by atoms with Crippen LogP contribution in [0.15, 0.2) is 36.5 Å². The molecule has 2 aliphatic carbocycles. The number of hydrogen-bond donors (Lipinski definition) is 1. The molecule has 1 aromatic carbocycles. The van der Waals surface area contributed by atoms with Crippen LogP contribution >= 0.6 is 0 Å². The Bertz CT molecular complexity index is 718. The number of fused-ring (bicyclic) bond motifs is 1. The van der Waals surface area contributed by atoms with Gasteiger partial charge in [0, 0.05) is 18.0 Å². The van der Waals surface area contributed by atoms with Crippen molar-refractivity contribution >= 4 is 16.9 Å². The van der Waals surface area contributed by atoms with Gasteiger partial charge in [0.1, 0.15) is 0 Å². The highest BCUT2D eigenvalue weighted by atomic mass is 16.4. The van der Waals surface area contributed by atoms with Crippen molar-refractivity contribution in [3.63, 3.8) is 0 Å². The molecule has 23 heavy (non-hydrogen) atoms. The molecule has 0 amide bonds. The zero-order chi connectivity index (χ0) is 15.9. The van der Waals surface area contributed by atoms with Crippen molar-refractivity contribution in [1.29, 1.82) is 0 Å². The molecule has 0 aliphatic heterocycles. The first-order chi connectivity index (χ1) is 11.2. The number of nitrogens with zero attached hydrogens (tertiary/aromatic N) is 1. The van der Waals surface area contributed by atoms with Crippen molar-refractivity contribution in [3.05, 3.63) is 42.1 Å². The molecule has 3 nitrogen and oxygen atoms in total. The van der Waals surface area contributed by atoms with Gasteiger partial charge in [0.15, 0.2) is 0 Å². The molecular weight excluding hydrogens is 286 g/mol. The quantitative estimate of drug-likeness (QED) is 0.889. The number of hydrogen-bond acceptors (Lipinski definition) is 2. The molecule has 2 aromatic rings. The zero-order valence-electron chi connectivity index (χ0n) is 13.4. The summed E-state index contributed by atoms with van der Waals surface area (Å²) in [5.41, 5.74) is 3.00. The molecule has 2 fully saturated rings. The first-order valence-corrected chi connectivity index (χ1v) is 8.71. The predicted molar refractivity (Wildman–Crippen MR) is 90.4 cm³/mol. The molecule has 1 heterocycles. The molecule has 0 bridgehead atoms. The second-order valence-electron chi connectivity index (χ2n) is 7.56. The minimum atomic E-state index is -0.637. The predicted octanol–water partition coefficient (Wildman–Crippen LogP) is 4.76. The fraction of sp³-hybridized carbons (Fsp3) is 0.500. The molecular formula is C20H23NO2. The van der Waals surface area contributed by atoms with Gasteiger partial charge in [-0.3, -0.25) is 9.78 Å². The van der Waals surface area contributed by atoms with Gasteiger partial charge in [-0.05, 0) is 73.5 Å². The number of aliphatic carboxylic acids is 1. The van der Waals surface area contributed by atoms with Crippen molar-refractivity contribution < 1.29 is 9.90 Å². The lowest BCUT2D eigenvalue weighted by Gasteiger charge is -2.51.